The number of amides is 3. The summed E-state index contributed by atoms with van der Waals surface area (Å²) in [6.45, 7) is 0.341. The van der Waals surface area contributed by atoms with Crippen LogP contribution in [0.1, 0.15) is 23.4 Å². The van der Waals surface area contributed by atoms with Crippen molar-refractivity contribution in [3.05, 3.63) is 18.4 Å². The number of aromatic nitrogens is 1. The summed E-state index contributed by atoms with van der Waals surface area (Å²) in [5, 5.41) is 13.1. The Morgan fingerprint density at radius 2 is 2.21 bits per heavy atom. The second-order valence-electron chi connectivity index (χ2n) is 5.61. The minimum Gasteiger partial charge on any atom is -0.438 e. The van der Waals surface area contributed by atoms with Crippen molar-refractivity contribution in [2.24, 2.45) is 5.73 Å². The molecule has 1 aliphatic rings. The summed E-state index contributed by atoms with van der Waals surface area (Å²) >= 11 is 0. The lowest BCUT2D eigenvalue weighted by Gasteiger charge is -2.30. The van der Waals surface area contributed by atoms with Gasteiger partial charge in [0, 0.05) is 19.4 Å². The molecule has 0 aliphatic carbocycles. The van der Waals surface area contributed by atoms with Gasteiger partial charge in [-0.2, -0.15) is 0 Å². The quantitative estimate of drug-likeness (QED) is 0.556. The first-order valence-corrected chi connectivity index (χ1v) is 7.42. The summed E-state index contributed by atoms with van der Waals surface area (Å²) in [6.07, 6.45) is 2.28. The number of nitrogens with zero attached hydrogens (tertiary/aromatic N) is 2. The van der Waals surface area contributed by atoms with E-state index in [-0.39, 0.29) is 57.4 Å². The van der Waals surface area contributed by atoms with Crippen LogP contribution in [0.5, 0.6) is 0 Å². The third kappa shape index (κ3) is 5.03. The second-order valence-corrected chi connectivity index (χ2v) is 5.61. The molecule has 0 bridgehead atoms. The minimum absolute atomic E-state index is 0.0162. The number of hydrogen-bond donors (Lipinski definition) is 3. The van der Waals surface area contributed by atoms with Crippen molar-refractivity contribution in [3.8, 4) is 0 Å². The Morgan fingerprint density at radius 1 is 1.42 bits per heavy atom. The standard InChI is InChI=1S/C14H20N4O6/c15-11(19)1-2-12(20)18-3-4-23-8-14(22,7-18)6-17-13(21)10-5-16-9-24-10/h5,9,22H,1-4,6-8H2,(H2,15,19)(H,17,21)/t14-/m1/s1. The van der Waals surface area contributed by atoms with E-state index in [4.69, 9.17) is 14.9 Å². The number of hydrogen-bond acceptors (Lipinski definition) is 7. The van der Waals surface area contributed by atoms with Crippen LogP contribution in [0.3, 0.4) is 0 Å². The van der Waals surface area contributed by atoms with E-state index in [1.54, 1.807) is 0 Å². The molecule has 1 fully saturated rings. The highest BCUT2D eigenvalue weighted by atomic mass is 16.5. The maximum Gasteiger partial charge on any atom is 0.288 e. The molecule has 1 aromatic rings. The van der Waals surface area contributed by atoms with Gasteiger partial charge in [-0.05, 0) is 0 Å². The Morgan fingerprint density at radius 3 is 2.88 bits per heavy atom. The Hall–Kier alpha value is -2.46. The molecule has 24 heavy (non-hydrogen) atoms. The van der Waals surface area contributed by atoms with E-state index in [0.717, 1.165) is 6.39 Å². The molecule has 1 atom stereocenters. The van der Waals surface area contributed by atoms with Crippen LogP contribution in [0.15, 0.2) is 17.0 Å². The molecule has 0 aromatic carbocycles. The van der Waals surface area contributed by atoms with E-state index >= 15 is 0 Å². The van der Waals surface area contributed by atoms with Gasteiger partial charge in [0.25, 0.3) is 5.91 Å². The van der Waals surface area contributed by atoms with Crippen molar-refractivity contribution in [1.82, 2.24) is 15.2 Å². The molecular weight excluding hydrogens is 320 g/mol. The minimum atomic E-state index is -1.45. The fourth-order valence-corrected chi connectivity index (χ4v) is 2.28. The van der Waals surface area contributed by atoms with Gasteiger partial charge in [0.2, 0.25) is 17.6 Å². The Bertz CT molecular complexity index is 590. The zero-order valence-electron chi connectivity index (χ0n) is 13.1. The van der Waals surface area contributed by atoms with Crippen LogP contribution in [0.2, 0.25) is 0 Å². The van der Waals surface area contributed by atoms with Gasteiger partial charge in [0.15, 0.2) is 6.39 Å². The first kappa shape index (κ1) is 17.9. The normalized spacial score (nSPS) is 21.1. The van der Waals surface area contributed by atoms with E-state index in [2.05, 4.69) is 10.3 Å². The number of nitrogens with two attached hydrogens (primary N) is 1. The number of ether oxygens (including phenoxy) is 1. The van der Waals surface area contributed by atoms with Crippen LogP contribution in [0.4, 0.5) is 0 Å². The predicted molar refractivity (Wildman–Crippen MR) is 79.6 cm³/mol. The lowest BCUT2D eigenvalue weighted by molar-refractivity contribution is -0.135. The monoisotopic (exact) mass is 340 g/mol. The molecule has 0 radical (unpaired) electrons. The van der Waals surface area contributed by atoms with Gasteiger partial charge in [0.05, 0.1) is 32.5 Å². The highest BCUT2D eigenvalue weighted by molar-refractivity contribution is 5.91. The van der Waals surface area contributed by atoms with E-state index in [1.165, 1.54) is 11.1 Å². The summed E-state index contributed by atoms with van der Waals surface area (Å²) in [5.41, 5.74) is 3.59. The average molecular weight is 340 g/mol. The van der Waals surface area contributed by atoms with E-state index in [9.17, 15) is 19.5 Å². The Balaban J connectivity index is 1.93. The molecule has 10 heteroatoms. The molecule has 2 rings (SSSR count). The predicted octanol–water partition coefficient (Wildman–Crippen LogP) is -1.74. The number of rotatable bonds is 6. The molecule has 0 unspecified atom stereocenters. The van der Waals surface area contributed by atoms with Crippen molar-refractivity contribution >= 4 is 17.7 Å². The van der Waals surface area contributed by atoms with Crippen molar-refractivity contribution in [1.29, 1.82) is 0 Å². The highest BCUT2D eigenvalue weighted by Crippen LogP contribution is 2.13. The second kappa shape index (κ2) is 7.88. The van der Waals surface area contributed by atoms with Crippen LogP contribution >= 0.6 is 0 Å². The number of nitrogens with one attached hydrogen (secondary N) is 1. The first-order valence-electron chi connectivity index (χ1n) is 7.42. The average Bonchev–Trinajstić information content (AvgIpc) is 3.01. The van der Waals surface area contributed by atoms with Crippen LogP contribution in [-0.2, 0) is 14.3 Å². The molecule has 2 heterocycles. The van der Waals surface area contributed by atoms with Gasteiger partial charge in [-0.15, -0.1) is 0 Å². The van der Waals surface area contributed by atoms with Crippen molar-refractivity contribution in [3.63, 3.8) is 0 Å². The van der Waals surface area contributed by atoms with E-state index in [1.807, 2.05) is 0 Å². The Labute approximate surface area is 137 Å². The molecule has 4 N–H and O–H groups in total. The van der Waals surface area contributed by atoms with Crippen molar-refractivity contribution in [2.45, 2.75) is 18.4 Å². The number of primary amides is 1. The smallest absolute Gasteiger partial charge is 0.288 e. The lowest BCUT2D eigenvalue weighted by Crippen LogP contribution is -2.53. The summed E-state index contributed by atoms with van der Waals surface area (Å²) in [4.78, 5) is 39.8. The molecule has 1 aromatic heterocycles. The molecule has 0 saturated carbocycles. The van der Waals surface area contributed by atoms with Crippen LogP contribution in [0, 0.1) is 0 Å². The first-order chi connectivity index (χ1) is 11.4. The van der Waals surface area contributed by atoms with Gasteiger partial charge in [-0.3, -0.25) is 14.4 Å². The third-order valence-corrected chi connectivity index (χ3v) is 3.53. The van der Waals surface area contributed by atoms with Gasteiger partial charge >= 0.3 is 0 Å². The SMILES string of the molecule is NC(=O)CCC(=O)N1CCOC[C@@](O)(CNC(=O)c2cnco2)C1. The van der Waals surface area contributed by atoms with E-state index < -0.39 is 17.4 Å². The molecule has 1 aliphatic heterocycles. The van der Waals surface area contributed by atoms with Gasteiger partial charge in [-0.25, -0.2) is 4.98 Å². The number of carbonyl (C=O) groups excluding carboxylic acids is 3. The molecular formula is C14H20N4O6. The molecule has 132 valence electrons. The largest absolute Gasteiger partial charge is 0.438 e. The van der Waals surface area contributed by atoms with Gasteiger partial charge in [0.1, 0.15) is 5.60 Å². The van der Waals surface area contributed by atoms with Crippen LogP contribution in [-0.4, -0.2) is 71.2 Å². The number of aliphatic hydroxyl groups is 1. The summed E-state index contributed by atoms with van der Waals surface area (Å²) in [6, 6.07) is 0. The molecule has 10 nitrogen and oxygen atoms in total. The lowest BCUT2D eigenvalue weighted by atomic mass is 10.0. The maximum atomic E-state index is 12.1. The summed E-state index contributed by atoms with van der Waals surface area (Å²) in [7, 11) is 0. The fraction of sp³-hybridized carbons (Fsp3) is 0.571. The molecule has 1 saturated heterocycles. The van der Waals surface area contributed by atoms with Gasteiger partial charge in [-0.1, -0.05) is 0 Å². The zero-order chi connectivity index (χ0) is 17.6. The third-order valence-electron chi connectivity index (χ3n) is 3.53. The fourth-order valence-electron chi connectivity index (χ4n) is 2.28. The summed E-state index contributed by atoms with van der Waals surface area (Å²) < 4.78 is 10.2. The highest BCUT2D eigenvalue weighted by Gasteiger charge is 2.35. The molecule has 3 amide bonds. The Kier molecular flexibility index (Phi) is 5.88. The van der Waals surface area contributed by atoms with Crippen molar-refractivity contribution < 1.29 is 28.6 Å². The van der Waals surface area contributed by atoms with E-state index in [0.29, 0.717) is 0 Å². The number of oxazole rings is 1. The van der Waals surface area contributed by atoms with Crippen LogP contribution < -0.4 is 11.1 Å². The topological polar surface area (TPSA) is 148 Å². The zero-order valence-corrected chi connectivity index (χ0v) is 13.1. The number of β-amino-alcohol motifs (C(OH)–C–C–N with tert-alkyl or cyclic N) is 1. The number of carbonyl (C=O) groups is 3. The summed E-state index contributed by atoms with van der Waals surface area (Å²) in [5.74, 6) is -1.39. The van der Waals surface area contributed by atoms with Crippen LogP contribution in [0.25, 0.3) is 0 Å². The van der Waals surface area contributed by atoms with Gasteiger partial charge < -0.3 is 30.2 Å². The van der Waals surface area contributed by atoms with Crippen molar-refractivity contribution in [2.75, 3.05) is 32.8 Å². The maximum absolute atomic E-state index is 12.1. The molecule has 0 spiro atoms.